The van der Waals surface area contributed by atoms with Gasteiger partial charge in [0, 0.05) is 12.2 Å². The van der Waals surface area contributed by atoms with E-state index in [-0.39, 0.29) is 35.0 Å². The highest BCUT2D eigenvalue weighted by atomic mass is 19.3. The average molecular weight is 637 g/mol. The second-order valence-corrected chi connectivity index (χ2v) is 12.5. The fourth-order valence-electron chi connectivity index (χ4n) is 6.90. The summed E-state index contributed by atoms with van der Waals surface area (Å²) in [5.74, 6) is -2.91. The summed E-state index contributed by atoms with van der Waals surface area (Å²) in [6, 6.07) is 2.29. The molecule has 0 radical (unpaired) electrons. The molecule has 1 heterocycles. The fourth-order valence-corrected chi connectivity index (χ4v) is 6.90. The molecule has 3 atom stereocenters. The van der Waals surface area contributed by atoms with E-state index in [0.717, 1.165) is 70.3 Å². The van der Waals surface area contributed by atoms with Crippen LogP contribution in [0.15, 0.2) is 30.5 Å². The molecular formula is C32H44F4N6O3. The van der Waals surface area contributed by atoms with Crippen LogP contribution < -0.4 is 21.7 Å². The van der Waals surface area contributed by atoms with E-state index in [4.69, 9.17) is 5.73 Å². The number of rotatable bonds is 12. The molecule has 45 heavy (non-hydrogen) atoms. The van der Waals surface area contributed by atoms with Crippen molar-refractivity contribution < 1.29 is 31.9 Å². The van der Waals surface area contributed by atoms with Crippen LogP contribution >= 0.6 is 0 Å². The zero-order valence-corrected chi connectivity index (χ0v) is 25.8. The van der Waals surface area contributed by atoms with Gasteiger partial charge in [-0.3, -0.25) is 19.1 Å². The molecule has 0 saturated heterocycles. The van der Waals surface area contributed by atoms with Gasteiger partial charge in [-0.15, -0.1) is 0 Å². The van der Waals surface area contributed by atoms with Crippen LogP contribution in [0.4, 0.5) is 23.2 Å². The van der Waals surface area contributed by atoms with Crippen LogP contribution in [0.2, 0.25) is 0 Å². The van der Waals surface area contributed by atoms with Gasteiger partial charge >= 0.3 is 0 Å². The summed E-state index contributed by atoms with van der Waals surface area (Å²) in [6.45, 7) is 3.80. The number of nitrogens with two attached hydrogens (primary N) is 1. The Morgan fingerprint density at radius 1 is 0.889 bits per heavy atom. The Morgan fingerprint density at radius 2 is 1.49 bits per heavy atom. The van der Waals surface area contributed by atoms with Gasteiger partial charge in [0.1, 0.15) is 23.6 Å². The highest BCUT2D eigenvalue weighted by Crippen LogP contribution is 2.42. The Morgan fingerprint density at radius 3 is 2.02 bits per heavy atom. The zero-order valence-electron chi connectivity index (χ0n) is 25.8. The van der Waals surface area contributed by atoms with Gasteiger partial charge in [0.05, 0.1) is 5.69 Å². The minimum atomic E-state index is -3.44. The van der Waals surface area contributed by atoms with Gasteiger partial charge in [-0.1, -0.05) is 70.3 Å². The second kappa shape index (κ2) is 15.7. The Labute approximate surface area is 261 Å². The molecule has 0 aliphatic heterocycles. The van der Waals surface area contributed by atoms with Gasteiger partial charge in [-0.05, 0) is 55.4 Å². The van der Waals surface area contributed by atoms with Crippen molar-refractivity contribution in [3.63, 3.8) is 0 Å². The second-order valence-electron chi connectivity index (χ2n) is 12.5. The van der Waals surface area contributed by atoms with Crippen molar-refractivity contribution in [2.24, 2.45) is 23.5 Å². The molecule has 2 fully saturated rings. The van der Waals surface area contributed by atoms with E-state index in [1.54, 1.807) is 10.7 Å². The maximum atomic E-state index is 15.3. The third-order valence-electron chi connectivity index (χ3n) is 9.13. The third kappa shape index (κ3) is 8.62. The number of alkyl halides is 3. The van der Waals surface area contributed by atoms with Crippen molar-refractivity contribution in [3.8, 4) is 0 Å². The highest BCUT2D eigenvalue weighted by Gasteiger charge is 2.41. The molecule has 13 heteroatoms. The number of amides is 3. The summed E-state index contributed by atoms with van der Waals surface area (Å²) in [4.78, 5) is 39.9. The van der Waals surface area contributed by atoms with Gasteiger partial charge in [0.2, 0.25) is 18.1 Å². The highest BCUT2D eigenvalue weighted by molar-refractivity contribution is 6.01. The Balaban J connectivity index is 1.61. The monoisotopic (exact) mass is 636 g/mol. The third-order valence-corrected chi connectivity index (χ3v) is 9.13. The van der Waals surface area contributed by atoms with Gasteiger partial charge in [0.15, 0.2) is 0 Å². The number of hydrogen-bond donors (Lipinski definition) is 4. The van der Waals surface area contributed by atoms with Crippen LogP contribution in [-0.4, -0.2) is 46.3 Å². The summed E-state index contributed by atoms with van der Waals surface area (Å²) in [7, 11) is 0. The van der Waals surface area contributed by atoms with Gasteiger partial charge in [-0.25, -0.2) is 17.6 Å². The van der Waals surface area contributed by atoms with Crippen LogP contribution in [0, 0.1) is 23.6 Å². The summed E-state index contributed by atoms with van der Waals surface area (Å²) in [5, 5.41) is 11.4. The van der Waals surface area contributed by atoms with Crippen LogP contribution in [-0.2, 0) is 9.59 Å². The number of anilines is 1. The van der Waals surface area contributed by atoms with E-state index in [9.17, 15) is 27.6 Å². The molecule has 3 amide bonds. The first-order valence-corrected chi connectivity index (χ1v) is 15.9. The Hall–Kier alpha value is -3.48. The van der Waals surface area contributed by atoms with E-state index in [1.165, 1.54) is 23.6 Å². The van der Waals surface area contributed by atoms with E-state index in [0.29, 0.717) is 5.69 Å². The normalized spacial score (nSPS) is 18.5. The van der Waals surface area contributed by atoms with Crippen LogP contribution in [0.5, 0.6) is 0 Å². The fraction of sp³-hybridized carbons (Fsp3) is 0.625. The molecule has 1 aromatic heterocycles. The van der Waals surface area contributed by atoms with Crippen molar-refractivity contribution in [3.05, 3.63) is 47.5 Å². The van der Waals surface area contributed by atoms with Crippen molar-refractivity contribution in [2.75, 3.05) is 5.32 Å². The molecule has 0 bridgehead atoms. The van der Waals surface area contributed by atoms with Crippen LogP contribution in [0.25, 0.3) is 0 Å². The summed E-state index contributed by atoms with van der Waals surface area (Å²) in [5.41, 5.74) is 5.78. The summed E-state index contributed by atoms with van der Waals surface area (Å²) in [6.07, 6.45) is 5.36. The minimum absolute atomic E-state index is 0.0901. The number of nitrogens with zero attached hydrogens (tertiary/aromatic N) is 2. The standard InChI is InChI=1S/C32H44F4N6O3/c1-18(2)42-24(15-16-38-42)30(43)40-27(25(19-9-5-3-6-10-19)20-11-7-4-8-12-20)32(45)39-23-14-13-21(17-22(23)33)26(37)31(44)41-29(36)28(34)35/h13-20,25-29H,3-12,37H2,1-2H3,(H,39,45)(H,40,43)(H,41,44)/t26?,27-,29?/m0/s1. The Kier molecular flexibility index (Phi) is 12.0. The molecule has 5 N–H and O–H groups in total. The van der Waals surface area contributed by atoms with E-state index >= 15 is 4.39 Å². The SMILES string of the molecule is CC(C)n1nccc1C(=O)N[C@H](C(=O)Nc1ccc(C(N)C(=O)NC(F)C(F)F)cc1F)C(C1CCCCC1)C1CCCCC1. The summed E-state index contributed by atoms with van der Waals surface area (Å²) < 4.78 is 55.2. The predicted molar refractivity (Wildman–Crippen MR) is 162 cm³/mol. The number of nitrogens with one attached hydrogen (secondary N) is 3. The molecular weight excluding hydrogens is 592 g/mol. The number of hydrogen-bond acceptors (Lipinski definition) is 5. The lowest BCUT2D eigenvalue weighted by Crippen LogP contribution is -2.53. The average Bonchev–Trinajstić information content (AvgIpc) is 3.53. The quantitative estimate of drug-likeness (QED) is 0.173. The number of aromatic nitrogens is 2. The van der Waals surface area contributed by atoms with E-state index in [2.05, 4.69) is 15.7 Å². The molecule has 2 unspecified atom stereocenters. The molecule has 4 rings (SSSR count). The van der Waals surface area contributed by atoms with Crippen molar-refractivity contribution in [1.82, 2.24) is 20.4 Å². The zero-order chi connectivity index (χ0) is 32.7. The molecule has 0 spiro atoms. The van der Waals surface area contributed by atoms with Crippen LogP contribution in [0.1, 0.15) is 106 Å². The van der Waals surface area contributed by atoms with Crippen molar-refractivity contribution >= 4 is 23.4 Å². The largest absolute Gasteiger partial charge is 0.339 e. The van der Waals surface area contributed by atoms with Crippen molar-refractivity contribution in [1.29, 1.82) is 0 Å². The first kappa shape index (κ1) is 34.4. The van der Waals surface area contributed by atoms with Crippen molar-refractivity contribution in [2.45, 2.75) is 109 Å². The number of carbonyl (C=O) groups excluding carboxylic acids is 3. The molecule has 2 aliphatic rings. The molecule has 2 aliphatic carbocycles. The number of benzene rings is 1. The lowest BCUT2D eigenvalue weighted by atomic mass is 9.66. The molecule has 248 valence electrons. The first-order chi connectivity index (χ1) is 21.5. The Bertz CT molecular complexity index is 1290. The summed E-state index contributed by atoms with van der Waals surface area (Å²) >= 11 is 0. The van der Waals surface area contributed by atoms with Gasteiger partial charge in [-0.2, -0.15) is 5.10 Å². The topological polar surface area (TPSA) is 131 Å². The lowest BCUT2D eigenvalue weighted by molar-refractivity contribution is -0.126. The number of halogens is 4. The van der Waals surface area contributed by atoms with Gasteiger partial charge < -0.3 is 21.7 Å². The van der Waals surface area contributed by atoms with E-state index in [1.807, 2.05) is 13.8 Å². The first-order valence-electron chi connectivity index (χ1n) is 15.9. The molecule has 9 nitrogen and oxygen atoms in total. The number of carbonyl (C=O) groups is 3. The lowest BCUT2D eigenvalue weighted by Gasteiger charge is -2.42. The van der Waals surface area contributed by atoms with Gasteiger partial charge in [0.25, 0.3) is 12.3 Å². The molecule has 2 saturated carbocycles. The smallest absolute Gasteiger partial charge is 0.287 e. The van der Waals surface area contributed by atoms with Crippen LogP contribution in [0.3, 0.4) is 0 Å². The maximum absolute atomic E-state index is 15.3. The predicted octanol–water partition coefficient (Wildman–Crippen LogP) is 5.79. The minimum Gasteiger partial charge on any atom is -0.339 e. The molecule has 2 aromatic rings. The maximum Gasteiger partial charge on any atom is 0.287 e. The van der Waals surface area contributed by atoms with E-state index < -0.39 is 48.3 Å². The molecule has 1 aromatic carbocycles.